The van der Waals surface area contributed by atoms with Crippen LogP contribution in [0.3, 0.4) is 0 Å². The molecule has 1 aromatic carbocycles. The Hall–Kier alpha value is -1.92. The summed E-state index contributed by atoms with van der Waals surface area (Å²) in [5.74, 6) is -0.387. The van der Waals surface area contributed by atoms with E-state index < -0.39 is 5.54 Å². The Morgan fingerprint density at radius 2 is 2.19 bits per heavy atom. The summed E-state index contributed by atoms with van der Waals surface area (Å²) < 4.78 is 5.29. The van der Waals surface area contributed by atoms with Crippen LogP contribution in [0.4, 0.5) is 5.69 Å². The van der Waals surface area contributed by atoms with E-state index in [0.717, 1.165) is 37.1 Å². The molecule has 26 heavy (non-hydrogen) atoms. The van der Waals surface area contributed by atoms with Gasteiger partial charge in [-0.1, -0.05) is 25.1 Å². The van der Waals surface area contributed by atoms with Crippen LogP contribution in [0.1, 0.15) is 31.7 Å². The first-order valence-corrected chi connectivity index (χ1v) is 9.58. The first kappa shape index (κ1) is 16.3. The van der Waals surface area contributed by atoms with Gasteiger partial charge in [0.25, 0.3) is 0 Å². The molecule has 1 spiro atoms. The van der Waals surface area contributed by atoms with Crippen molar-refractivity contribution in [2.24, 2.45) is 11.3 Å². The Kier molecular flexibility index (Phi) is 3.46. The van der Waals surface area contributed by atoms with Gasteiger partial charge in [-0.25, -0.2) is 0 Å². The van der Waals surface area contributed by atoms with Gasteiger partial charge in [0.15, 0.2) is 0 Å². The van der Waals surface area contributed by atoms with Gasteiger partial charge < -0.3 is 15.4 Å². The average molecular weight is 355 g/mol. The van der Waals surface area contributed by atoms with Crippen LogP contribution in [0.5, 0.6) is 0 Å². The number of hydrogen-bond acceptors (Lipinski definition) is 4. The van der Waals surface area contributed by atoms with E-state index in [9.17, 15) is 9.59 Å². The molecular formula is C20H25N3O3. The molecule has 6 heteroatoms. The zero-order valence-corrected chi connectivity index (χ0v) is 15.1. The van der Waals surface area contributed by atoms with Crippen LogP contribution in [0.2, 0.25) is 0 Å². The van der Waals surface area contributed by atoms with Gasteiger partial charge >= 0.3 is 0 Å². The number of rotatable bonds is 3. The third-order valence-corrected chi connectivity index (χ3v) is 6.68. The van der Waals surface area contributed by atoms with Crippen LogP contribution in [-0.2, 0) is 19.9 Å². The number of benzene rings is 1. The summed E-state index contributed by atoms with van der Waals surface area (Å²) in [6, 6.07) is 8.15. The number of nitrogens with one attached hydrogen (secondary N) is 2. The Bertz CT molecular complexity index is 775. The third kappa shape index (κ3) is 2.06. The number of nitrogens with zero attached hydrogens (tertiary/aromatic N) is 1. The van der Waals surface area contributed by atoms with E-state index in [1.165, 1.54) is 0 Å². The van der Waals surface area contributed by atoms with Crippen molar-refractivity contribution in [1.29, 1.82) is 0 Å². The standard InChI is InChI=1S/C20H25N3O3/c1-19(11-26-12-19)10-21-17(24)15-9-13-5-4-8-23(13)20(15)14-6-2-3-7-16(14)22-18(20)25/h2-3,6-7,13,15H,4-5,8-12H2,1H3,(H,21,24)(H,22,25)/t13-,15+,20+/m1/s1. The summed E-state index contributed by atoms with van der Waals surface area (Å²) in [6.07, 6.45) is 2.90. The summed E-state index contributed by atoms with van der Waals surface area (Å²) in [5, 5.41) is 6.18. The fourth-order valence-electron chi connectivity index (χ4n) is 5.36. The maximum absolute atomic E-state index is 13.2. The van der Waals surface area contributed by atoms with Crippen molar-refractivity contribution in [3.8, 4) is 0 Å². The van der Waals surface area contributed by atoms with Gasteiger partial charge in [0.05, 0.1) is 19.1 Å². The van der Waals surface area contributed by atoms with Gasteiger partial charge in [-0.15, -0.1) is 0 Å². The highest BCUT2D eigenvalue weighted by molar-refractivity contribution is 6.09. The summed E-state index contributed by atoms with van der Waals surface area (Å²) in [4.78, 5) is 28.7. The van der Waals surface area contributed by atoms with Crippen molar-refractivity contribution >= 4 is 17.5 Å². The van der Waals surface area contributed by atoms with E-state index in [1.54, 1.807) is 0 Å². The molecule has 0 aliphatic carbocycles. The topological polar surface area (TPSA) is 70.7 Å². The highest BCUT2D eigenvalue weighted by Gasteiger charge is 2.65. The van der Waals surface area contributed by atoms with E-state index in [1.807, 2.05) is 24.3 Å². The molecule has 0 saturated carbocycles. The molecule has 0 bridgehead atoms. The minimum absolute atomic E-state index is 0.000576. The molecule has 0 unspecified atom stereocenters. The molecule has 0 radical (unpaired) electrons. The highest BCUT2D eigenvalue weighted by Crippen LogP contribution is 2.55. The summed E-state index contributed by atoms with van der Waals surface area (Å²) in [7, 11) is 0. The van der Waals surface area contributed by atoms with Crippen LogP contribution in [0, 0.1) is 11.3 Å². The van der Waals surface area contributed by atoms with Gasteiger partial charge in [0.1, 0.15) is 5.54 Å². The molecule has 4 aliphatic rings. The normalized spacial score (nSPS) is 34.3. The van der Waals surface area contributed by atoms with Gasteiger partial charge in [-0.3, -0.25) is 14.5 Å². The van der Waals surface area contributed by atoms with Crippen molar-refractivity contribution in [3.05, 3.63) is 29.8 Å². The Morgan fingerprint density at radius 1 is 1.38 bits per heavy atom. The molecule has 2 N–H and O–H groups in total. The maximum Gasteiger partial charge on any atom is 0.250 e. The van der Waals surface area contributed by atoms with E-state index in [4.69, 9.17) is 4.74 Å². The van der Waals surface area contributed by atoms with E-state index in [2.05, 4.69) is 22.5 Å². The average Bonchev–Trinajstić information content (AvgIpc) is 3.26. The number of hydrogen-bond donors (Lipinski definition) is 2. The third-order valence-electron chi connectivity index (χ3n) is 6.68. The molecule has 5 rings (SSSR count). The lowest BCUT2D eigenvalue weighted by atomic mass is 9.78. The quantitative estimate of drug-likeness (QED) is 0.861. The van der Waals surface area contributed by atoms with Crippen molar-refractivity contribution in [2.45, 2.75) is 37.8 Å². The number of anilines is 1. The number of ether oxygens (including phenoxy) is 1. The van der Waals surface area contributed by atoms with Crippen molar-refractivity contribution in [3.63, 3.8) is 0 Å². The number of fused-ring (bicyclic) bond motifs is 4. The fourth-order valence-corrected chi connectivity index (χ4v) is 5.36. The van der Waals surface area contributed by atoms with E-state index in [-0.39, 0.29) is 23.1 Å². The molecule has 6 nitrogen and oxygen atoms in total. The zero-order valence-electron chi connectivity index (χ0n) is 15.1. The molecule has 138 valence electrons. The SMILES string of the molecule is CC1(CNC(=O)[C@@H]2C[C@H]3CCCN3[C@]23C(=O)Nc2ccccc23)COC1. The van der Waals surface area contributed by atoms with E-state index in [0.29, 0.717) is 25.8 Å². The van der Waals surface area contributed by atoms with Crippen LogP contribution in [-0.4, -0.2) is 49.1 Å². The molecular weight excluding hydrogens is 330 g/mol. The van der Waals surface area contributed by atoms with Gasteiger partial charge in [-0.05, 0) is 31.9 Å². The Labute approximate surface area is 153 Å². The Morgan fingerprint density at radius 3 is 2.96 bits per heavy atom. The minimum atomic E-state index is -0.848. The molecule has 2 amide bonds. The predicted molar refractivity (Wildman–Crippen MR) is 96.5 cm³/mol. The number of amides is 2. The largest absolute Gasteiger partial charge is 0.380 e. The van der Waals surface area contributed by atoms with Crippen molar-refractivity contribution < 1.29 is 14.3 Å². The lowest BCUT2D eigenvalue weighted by Crippen LogP contribution is -2.56. The second kappa shape index (κ2) is 5.54. The van der Waals surface area contributed by atoms with Gasteiger partial charge in [0, 0.05) is 29.3 Å². The molecule has 0 aromatic heterocycles. The van der Waals surface area contributed by atoms with Gasteiger partial charge in [0.2, 0.25) is 11.8 Å². The fraction of sp³-hybridized carbons (Fsp3) is 0.600. The molecule has 3 fully saturated rings. The lowest BCUT2D eigenvalue weighted by Gasteiger charge is -2.39. The Balaban J connectivity index is 1.50. The summed E-state index contributed by atoms with van der Waals surface area (Å²) in [5.41, 5.74) is 0.988. The van der Waals surface area contributed by atoms with Crippen LogP contribution < -0.4 is 10.6 Å². The minimum Gasteiger partial charge on any atom is -0.380 e. The first-order valence-electron chi connectivity index (χ1n) is 9.58. The highest BCUT2D eigenvalue weighted by atomic mass is 16.5. The maximum atomic E-state index is 13.2. The molecule has 4 aliphatic heterocycles. The van der Waals surface area contributed by atoms with Crippen LogP contribution >= 0.6 is 0 Å². The summed E-state index contributed by atoms with van der Waals surface area (Å²) >= 11 is 0. The van der Waals surface area contributed by atoms with Crippen molar-refractivity contribution in [2.75, 3.05) is 31.6 Å². The van der Waals surface area contributed by atoms with Crippen LogP contribution in [0.25, 0.3) is 0 Å². The molecule has 3 saturated heterocycles. The second-order valence-corrected chi connectivity index (χ2v) is 8.57. The zero-order chi connectivity index (χ0) is 17.9. The number of para-hydroxylation sites is 1. The first-order chi connectivity index (χ1) is 12.5. The predicted octanol–water partition coefficient (Wildman–Crippen LogP) is 1.47. The van der Waals surface area contributed by atoms with Gasteiger partial charge in [-0.2, -0.15) is 0 Å². The molecule has 3 atom stereocenters. The number of carbonyl (C=O) groups is 2. The smallest absolute Gasteiger partial charge is 0.250 e. The van der Waals surface area contributed by atoms with Crippen molar-refractivity contribution in [1.82, 2.24) is 10.2 Å². The molecule has 1 aromatic rings. The lowest BCUT2D eigenvalue weighted by molar-refractivity contribution is -0.139. The number of carbonyl (C=O) groups excluding carboxylic acids is 2. The second-order valence-electron chi connectivity index (χ2n) is 8.57. The van der Waals surface area contributed by atoms with E-state index >= 15 is 0 Å². The monoisotopic (exact) mass is 355 g/mol. The molecule has 4 heterocycles. The van der Waals surface area contributed by atoms with Crippen LogP contribution in [0.15, 0.2) is 24.3 Å². The summed E-state index contributed by atoms with van der Waals surface area (Å²) in [6.45, 7) is 4.97.